The number of nitrogens with zero attached hydrogens (tertiary/aromatic N) is 4. The Morgan fingerprint density at radius 1 is 1.03 bits per heavy atom. The fourth-order valence-corrected chi connectivity index (χ4v) is 4.52. The van der Waals surface area contributed by atoms with Gasteiger partial charge in [-0.3, -0.25) is 4.57 Å². The second-order valence-corrected chi connectivity index (χ2v) is 8.84. The highest BCUT2D eigenvalue weighted by molar-refractivity contribution is 5.82. The average molecular weight is 523 g/mol. The molecule has 5 rings (SSSR count). The van der Waals surface area contributed by atoms with E-state index in [1.165, 1.54) is 16.8 Å². The predicted molar refractivity (Wildman–Crippen MR) is 133 cm³/mol. The van der Waals surface area contributed by atoms with E-state index in [0.717, 1.165) is 44.2 Å². The SMILES string of the molecule is N#Cc1ccc(-n2c(/C=C/c3cccc(OC(F)F)c3OC3CCCCC3)nc3cc(F)c(F)cc32)nc1. The van der Waals surface area contributed by atoms with Gasteiger partial charge in [-0.05, 0) is 56.0 Å². The summed E-state index contributed by atoms with van der Waals surface area (Å²) in [7, 11) is 0. The first-order valence-electron chi connectivity index (χ1n) is 12.1. The van der Waals surface area contributed by atoms with E-state index in [4.69, 9.17) is 14.7 Å². The number of alkyl halides is 2. The second kappa shape index (κ2) is 10.9. The average Bonchev–Trinajstić information content (AvgIpc) is 3.26. The lowest BCUT2D eigenvalue weighted by Crippen LogP contribution is -2.20. The van der Waals surface area contributed by atoms with Gasteiger partial charge < -0.3 is 9.47 Å². The zero-order chi connectivity index (χ0) is 26.6. The minimum atomic E-state index is -3.03. The van der Waals surface area contributed by atoms with Gasteiger partial charge >= 0.3 is 6.61 Å². The molecule has 38 heavy (non-hydrogen) atoms. The van der Waals surface area contributed by atoms with Gasteiger partial charge in [0, 0.05) is 23.9 Å². The summed E-state index contributed by atoms with van der Waals surface area (Å²) in [6.07, 6.45) is 9.11. The molecule has 0 saturated heterocycles. The summed E-state index contributed by atoms with van der Waals surface area (Å²) < 4.78 is 66.8. The van der Waals surface area contributed by atoms with Crippen molar-refractivity contribution in [1.82, 2.24) is 14.5 Å². The molecule has 2 heterocycles. The molecule has 1 fully saturated rings. The molecule has 1 aliphatic carbocycles. The molecule has 2 aromatic carbocycles. The molecule has 194 valence electrons. The Hall–Kier alpha value is -4.39. The molecule has 0 radical (unpaired) electrons. The number of benzene rings is 2. The molecule has 6 nitrogen and oxygen atoms in total. The number of ether oxygens (including phenoxy) is 2. The monoisotopic (exact) mass is 522 g/mol. The Kier molecular flexibility index (Phi) is 7.26. The summed E-state index contributed by atoms with van der Waals surface area (Å²) in [5.74, 6) is -1.41. The van der Waals surface area contributed by atoms with Crippen molar-refractivity contribution in [2.24, 2.45) is 0 Å². The standard InChI is InChI=1S/C28H22F4N4O2/c29-20-13-22-23(14-21(20)30)36(25-11-9-17(15-33)16-34-25)26(35-22)12-10-18-5-4-8-24(38-28(31)32)27(18)37-19-6-2-1-3-7-19/h4-5,8-14,16,19,28H,1-3,6-7H2/b12-10+. The number of halogens is 4. The van der Waals surface area contributed by atoms with Crippen LogP contribution in [-0.4, -0.2) is 27.3 Å². The molecule has 0 aliphatic heterocycles. The largest absolute Gasteiger partial charge is 0.486 e. The fourth-order valence-electron chi connectivity index (χ4n) is 4.52. The minimum absolute atomic E-state index is 0.0841. The van der Waals surface area contributed by atoms with Crippen molar-refractivity contribution in [2.45, 2.75) is 44.8 Å². The number of hydrogen-bond donors (Lipinski definition) is 0. The number of nitriles is 1. The van der Waals surface area contributed by atoms with E-state index in [1.807, 2.05) is 6.07 Å². The summed E-state index contributed by atoms with van der Waals surface area (Å²) in [6.45, 7) is -3.03. The van der Waals surface area contributed by atoms with Crippen LogP contribution >= 0.6 is 0 Å². The summed E-state index contributed by atoms with van der Waals surface area (Å²) in [5.41, 5.74) is 1.24. The minimum Gasteiger partial charge on any atom is -0.486 e. The van der Waals surface area contributed by atoms with Crippen LogP contribution in [0.3, 0.4) is 0 Å². The molecule has 10 heteroatoms. The zero-order valence-electron chi connectivity index (χ0n) is 20.1. The highest BCUT2D eigenvalue weighted by Gasteiger charge is 2.21. The Morgan fingerprint density at radius 2 is 1.82 bits per heavy atom. The third-order valence-corrected chi connectivity index (χ3v) is 6.30. The number of hydrogen-bond acceptors (Lipinski definition) is 5. The first kappa shape index (κ1) is 25.3. The first-order valence-corrected chi connectivity index (χ1v) is 12.1. The number of fused-ring (bicyclic) bond motifs is 1. The Bertz CT molecular complexity index is 1520. The van der Waals surface area contributed by atoms with Gasteiger partial charge in [0.05, 0.1) is 22.7 Å². The van der Waals surface area contributed by atoms with Gasteiger partial charge in [0.15, 0.2) is 23.1 Å². The third kappa shape index (κ3) is 5.32. The molecule has 4 aromatic rings. The Labute approximate surface area is 215 Å². The van der Waals surface area contributed by atoms with Crippen LogP contribution in [0, 0.1) is 23.0 Å². The summed E-state index contributed by atoms with van der Waals surface area (Å²) in [6, 6.07) is 11.8. The fraction of sp³-hybridized carbons (Fsp3) is 0.250. The van der Waals surface area contributed by atoms with E-state index in [0.29, 0.717) is 16.9 Å². The van der Waals surface area contributed by atoms with Crippen LogP contribution in [0.4, 0.5) is 17.6 Å². The van der Waals surface area contributed by atoms with Gasteiger partial charge in [-0.25, -0.2) is 18.7 Å². The maximum atomic E-state index is 14.2. The lowest BCUT2D eigenvalue weighted by molar-refractivity contribution is -0.0523. The number of aromatic nitrogens is 3. The van der Waals surface area contributed by atoms with Crippen molar-refractivity contribution in [3.63, 3.8) is 0 Å². The van der Waals surface area contributed by atoms with Crippen LogP contribution in [0.5, 0.6) is 11.5 Å². The first-order chi connectivity index (χ1) is 18.4. The van der Waals surface area contributed by atoms with Crippen molar-refractivity contribution >= 4 is 23.2 Å². The molecule has 1 aliphatic rings. The van der Waals surface area contributed by atoms with E-state index in [1.54, 1.807) is 36.4 Å². The van der Waals surface area contributed by atoms with E-state index in [9.17, 15) is 17.6 Å². The molecule has 2 aromatic heterocycles. The van der Waals surface area contributed by atoms with Crippen LogP contribution < -0.4 is 9.47 Å². The van der Waals surface area contributed by atoms with Crippen LogP contribution in [-0.2, 0) is 0 Å². The van der Waals surface area contributed by atoms with Crippen molar-refractivity contribution in [2.75, 3.05) is 0 Å². The highest BCUT2D eigenvalue weighted by Crippen LogP contribution is 2.37. The van der Waals surface area contributed by atoms with Gasteiger partial charge in [-0.2, -0.15) is 14.0 Å². The topological polar surface area (TPSA) is 73.0 Å². The summed E-state index contributed by atoms with van der Waals surface area (Å²) in [4.78, 5) is 8.71. The molecular formula is C28H22F4N4O2. The van der Waals surface area contributed by atoms with Crippen molar-refractivity contribution in [3.05, 3.63) is 77.2 Å². The Morgan fingerprint density at radius 3 is 2.53 bits per heavy atom. The lowest BCUT2D eigenvalue weighted by atomic mass is 9.97. The lowest BCUT2D eigenvalue weighted by Gasteiger charge is -2.25. The van der Waals surface area contributed by atoms with Crippen molar-refractivity contribution in [1.29, 1.82) is 5.26 Å². The van der Waals surface area contributed by atoms with Gasteiger partial charge in [0.1, 0.15) is 17.7 Å². The molecular weight excluding hydrogens is 500 g/mol. The van der Waals surface area contributed by atoms with Crippen LogP contribution in [0.2, 0.25) is 0 Å². The van der Waals surface area contributed by atoms with E-state index in [2.05, 4.69) is 9.97 Å². The van der Waals surface area contributed by atoms with E-state index >= 15 is 0 Å². The molecule has 0 atom stereocenters. The predicted octanol–water partition coefficient (Wildman–Crippen LogP) is 7.05. The number of pyridine rings is 1. The van der Waals surface area contributed by atoms with E-state index < -0.39 is 18.2 Å². The maximum Gasteiger partial charge on any atom is 0.387 e. The number of rotatable bonds is 7. The van der Waals surface area contributed by atoms with Crippen LogP contribution in [0.1, 0.15) is 49.1 Å². The molecule has 0 N–H and O–H groups in total. The zero-order valence-corrected chi connectivity index (χ0v) is 20.1. The second-order valence-electron chi connectivity index (χ2n) is 8.84. The number of para-hydroxylation sites is 1. The van der Waals surface area contributed by atoms with Crippen molar-refractivity contribution in [3.8, 4) is 23.4 Å². The van der Waals surface area contributed by atoms with Gasteiger partial charge in [0.25, 0.3) is 0 Å². The summed E-state index contributed by atoms with van der Waals surface area (Å²) in [5, 5.41) is 9.10. The van der Waals surface area contributed by atoms with E-state index in [-0.39, 0.29) is 34.5 Å². The van der Waals surface area contributed by atoms with Crippen molar-refractivity contribution < 1.29 is 27.0 Å². The van der Waals surface area contributed by atoms with Gasteiger partial charge in [-0.15, -0.1) is 0 Å². The molecule has 0 unspecified atom stereocenters. The van der Waals surface area contributed by atoms with Crippen LogP contribution in [0.25, 0.3) is 29.0 Å². The molecule has 0 spiro atoms. The quantitative estimate of drug-likeness (QED) is 0.243. The maximum absolute atomic E-state index is 14.2. The molecule has 0 bridgehead atoms. The number of imidazole rings is 1. The van der Waals surface area contributed by atoms with Crippen LogP contribution in [0.15, 0.2) is 48.7 Å². The highest BCUT2D eigenvalue weighted by atomic mass is 19.3. The normalized spacial score (nSPS) is 14.3. The third-order valence-electron chi connectivity index (χ3n) is 6.30. The Balaban J connectivity index is 1.60. The molecule has 0 amide bonds. The smallest absolute Gasteiger partial charge is 0.387 e. The molecule has 1 saturated carbocycles. The van der Waals surface area contributed by atoms with Gasteiger partial charge in [-0.1, -0.05) is 18.6 Å². The summed E-state index contributed by atoms with van der Waals surface area (Å²) >= 11 is 0. The van der Waals surface area contributed by atoms with Gasteiger partial charge in [0.2, 0.25) is 0 Å².